The standard InChI is InChI=1S/C27H49NO4S/c1-5-19-23-16-18(29)11-13-27(23,4)22-12-14-26(3)20(9-10-21(26)24(22)25(19)30)17(2)8-6-7-15-33(28,31)32/h17-25,29-30H,5-16H2,1-4H3,(H2,28,31,32)/t17-,18-,19-,20-,21+,22+,23+,24+,25-,26-,27-/m1/s1. The molecular formula is C27H49NO4S. The molecule has 0 bridgehead atoms. The molecule has 0 amide bonds. The van der Waals surface area contributed by atoms with Crippen molar-refractivity contribution < 1.29 is 18.6 Å². The van der Waals surface area contributed by atoms with E-state index in [1.807, 2.05) is 0 Å². The van der Waals surface area contributed by atoms with Crippen LogP contribution in [0.15, 0.2) is 0 Å². The maximum atomic E-state index is 11.8. The summed E-state index contributed by atoms with van der Waals surface area (Å²) in [6.07, 6.45) is 11.0. The summed E-state index contributed by atoms with van der Waals surface area (Å²) in [6.45, 7) is 9.62. The molecule has 0 radical (unpaired) electrons. The van der Waals surface area contributed by atoms with Crippen molar-refractivity contribution in [2.24, 2.45) is 57.4 Å². The van der Waals surface area contributed by atoms with E-state index < -0.39 is 10.0 Å². The fourth-order valence-electron chi connectivity index (χ4n) is 9.90. The first kappa shape index (κ1) is 25.9. The lowest BCUT2D eigenvalue weighted by Crippen LogP contribution is -2.62. The van der Waals surface area contributed by atoms with Crippen molar-refractivity contribution in [3.8, 4) is 0 Å². The van der Waals surface area contributed by atoms with Gasteiger partial charge in [0, 0.05) is 0 Å². The largest absolute Gasteiger partial charge is 0.393 e. The minimum Gasteiger partial charge on any atom is -0.393 e. The highest BCUT2D eigenvalue weighted by Gasteiger charge is 2.64. The average molecular weight is 484 g/mol. The molecule has 11 atom stereocenters. The summed E-state index contributed by atoms with van der Waals surface area (Å²) < 4.78 is 22.5. The fraction of sp³-hybridized carbons (Fsp3) is 1.00. The summed E-state index contributed by atoms with van der Waals surface area (Å²) in [5.41, 5.74) is 0.528. The normalized spacial score (nSPS) is 48.6. The van der Waals surface area contributed by atoms with Gasteiger partial charge >= 0.3 is 0 Å². The third-order valence-corrected chi connectivity index (χ3v) is 12.3. The monoisotopic (exact) mass is 483 g/mol. The van der Waals surface area contributed by atoms with Crippen LogP contribution in [0.3, 0.4) is 0 Å². The Morgan fingerprint density at radius 3 is 2.30 bits per heavy atom. The Bertz CT molecular complexity index is 802. The lowest BCUT2D eigenvalue weighted by molar-refractivity contribution is -0.203. The van der Waals surface area contributed by atoms with Gasteiger partial charge in [-0.2, -0.15) is 0 Å². The predicted octanol–water partition coefficient (Wildman–Crippen LogP) is 4.71. The second-order valence-electron chi connectivity index (χ2n) is 13.0. The molecule has 4 aliphatic carbocycles. The number of hydrogen-bond donors (Lipinski definition) is 3. The molecule has 0 unspecified atom stereocenters. The molecule has 0 spiro atoms. The van der Waals surface area contributed by atoms with E-state index in [-0.39, 0.29) is 28.8 Å². The number of aliphatic hydroxyl groups excluding tert-OH is 2. The Morgan fingerprint density at radius 2 is 1.64 bits per heavy atom. The molecule has 4 N–H and O–H groups in total. The summed E-state index contributed by atoms with van der Waals surface area (Å²) >= 11 is 0. The molecule has 0 aromatic carbocycles. The molecule has 0 saturated heterocycles. The van der Waals surface area contributed by atoms with Gasteiger partial charge in [-0.05, 0) is 104 Å². The average Bonchev–Trinajstić information content (AvgIpc) is 3.09. The molecule has 4 aliphatic rings. The quantitative estimate of drug-likeness (QED) is 0.457. The van der Waals surface area contributed by atoms with E-state index in [2.05, 4.69) is 27.7 Å². The zero-order chi connectivity index (χ0) is 24.2. The first-order valence-corrected chi connectivity index (χ1v) is 15.5. The molecule has 33 heavy (non-hydrogen) atoms. The van der Waals surface area contributed by atoms with Crippen LogP contribution < -0.4 is 5.14 Å². The van der Waals surface area contributed by atoms with Crippen LogP contribution in [0.25, 0.3) is 0 Å². The molecule has 6 heteroatoms. The summed E-state index contributed by atoms with van der Waals surface area (Å²) in [4.78, 5) is 0. The van der Waals surface area contributed by atoms with Crippen molar-refractivity contribution in [1.82, 2.24) is 0 Å². The van der Waals surface area contributed by atoms with E-state index in [4.69, 9.17) is 5.14 Å². The molecular weight excluding hydrogens is 434 g/mol. The molecule has 0 aromatic heterocycles. The molecule has 0 heterocycles. The number of hydrogen-bond acceptors (Lipinski definition) is 4. The van der Waals surface area contributed by atoms with E-state index in [1.165, 1.54) is 25.7 Å². The van der Waals surface area contributed by atoms with Crippen molar-refractivity contribution in [2.75, 3.05) is 5.75 Å². The highest BCUT2D eigenvalue weighted by atomic mass is 32.2. The third-order valence-electron chi connectivity index (χ3n) is 11.5. The predicted molar refractivity (Wildman–Crippen MR) is 133 cm³/mol. The topological polar surface area (TPSA) is 101 Å². The van der Waals surface area contributed by atoms with Crippen molar-refractivity contribution in [3.05, 3.63) is 0 Å². The number of unbranched alkanes of at least 4 members (excludes halogenated alkanes) is 1. The first-order chi connectivity index (χ1) is 15.4. The molecule has 5 nitrogen and oxygen atoms in total. The molecule has 4 rings (SSSR count). The summed E-state index contributed by atoms with van der Waals surface area (Å²) in [5, 5.41) is 27.4. The Morgan fingerprint density at radius 1 is 0.970 bits per heavy atom. The van der Waals surface area contributed by atoms with Crippen LogP contribution in [0, 0.1) is 52.3 Å². The summed E-state index contributed by atoms with van der Waals surface area (Å²) in [5.74, 6) is 3.63. The van der Waals surface area contributed by atoms with E-state index >= 15 is 0 Å². The third kappa shape index (κ3) is 4.56. The minimum atomic E-state index is -3.36. The second-order valence-corrected chi connectivity index (χ2v) is 14.7. The summed E-state index contributed by atoms with van der Waals surface area (Å²) in [7, 11) is -3.36. The fourth-order valence-corrected chi connectivity index (χ4v) is 10.5. The van der Waals surface area contributed by atoms with Crippen LogP contribution >= 0.6 is 0 Å². The number of nitrogens with two attached hydrogens (primary N) is 1. The lowest BCUT2D eigenvalue weighted by atomic mass is 9.41. The Balaban J connectivity index is 1.51. The van der Waals surface area contributed by atoms with Gasteiger partial charge in [0.1, 0.15) is 0 Å². The van der Waals surface area contributed by atoms with Gasteiger partial charge in [0.15, 0.2) is 0 Å². The van der Waals surface area contributed by atoms with Gasteiger partial charge in [-0.25, -0.2) is 13.6 Å². The van der Waals surface area contributed by atoms with Gasteiger partial charge in [-0.15, -0.1) is 0 Å². The van der Waals surface area contributed by atoms with Gasteiger partial charge < -0.3 is 10.2 Å². The zero-order valence-corrected chi connectivity index (χ0v) is 22.2. The van der Waals surface area contributed by atoms with E-state index in [0.29, 0.717) is 47.8 Å². The number of rotatable bonds is 7. The van der Waals surface area contributed by atoms with Crippen molar-refractivity contribution in [1.29, 1.82) is 0 Å². The van der Waals surface area contributed by atoms with Gasteiger partial charge in [0.2, 0.25) is 10.0 Å². The number of fused-ring (bicyclic) bond motifs is 5. The van der Waals surface area contributed by atoms with Crippen LogP contribution in [0.4, 0.5) is 0 Å². The SMILES string of the molecule is CC[C@H]1[C@@H](O)[C@@H]2[C@H](CC[C@]3(C)[C@@H]([C@H](C)CCCCS(N)(=O)=O)CC[C@@H]23)[C@@]2(C)CC[C@@H](O)C[C@@H]12. The van der Waals surface area contributed by atoms with Crippen molar-refractivity contribution >= 4 is 10.0 Å². The van der Waals surface area contributed by atoms with E-state index in [9.17, 15) is 18.6 Å². The maximum Gasteiger partial charge on any atom is 0.209 e. The van der Waals surface area contributed by atoms with E-state index in [1.54, 1.807) is 0 Å². The molecule has 192 valence electrons. The Kier molecular flexibility index (Phi) is 7.35. The van der Waals surface area contributed by atoms with Crippen LogP contribution in [0.5, 0.6) is 0 Å². The first-order valence-electron chi connectivity index (χ1n) is 13.8. The number of primary sulfonamides is 1. The highest BCUT2D eigenvalue weighted by Crippen LogP contribution is 2.69. The van der Waals surface area contributed by atoms with Gasteiger partial charge in [0.05, 0.1) is 18.0 Å². The van der Waals surface area contributed by atoms with E-state index in [0.717, 1.165) is 38.5 Å². The zero-order valence-electron chi connectivity index (χ0n) is 21.4. The number of sulfonamides is 1. The van der Waals surface area contributed by atoms with Crippen LogP contribution in [-0.2, 0) is 10.0 Å². The molecule has 0 aromatic rings. The highest BCUT2D eigenvalue weighted by molar-refractivity contribution is 7.89. The second kappa shape index (κ2) is 9.37. The Hall–Kier alpha value is -0.170. The molecule has 4 fully saturated rings. The molecule has 0 aliphatic heterocycles. The Labute approximate surface area is 202 Å². The van der Waals surface area contributed by atoms with Gasteiger partial charge in [-0.1, -0.05) is 47.0 Å². The van der Waals surface area contributed by atoms with Crippen LogP contribution in [0.2, 0.25) is 0 Å². The van der Waals surface area contributed by atoms with Crippen molar-refractivity contribution in [3.63, 3.8) is 0 Å². The summed E-state index contributed by atoms with van der Waals surface area (Å²) in [6, 6.07) is 0. The van der Waals surface area contributed by atoms with Crippen LogP contribution in [-0.4, -0.2) is 36.6 Å². The van der Waals surface area contributed by atoms with Crippen LogP contribution in [0.1, 0.15) is 98.3 Å². The van der Waals surface area contributed by atoms with Crippen molar-refractivity contribution in [2.45, 2.75) is 111 Å². The number of aliphatic hydroxyl groups is 2. The maximum absolute atomic E-state index is 11.8. The minimum absolute atomic E-state index is 0.0904. The smallest absolute Gasteiger partial charge is 0.209 e. The lowest BCUT2D eigenvalue weighted by Gasteiger charge is -2.64. The van der Waals surface area contributed by atoms with Gasteiger partial charge in [-0.3, -0.25) is 0 Å². The molecule has 4 saturated carbocycles. The van der Waals surface area contributed by atoms with Gasteiger partial charge in [0.25, 0.3) is 0 Å².